The SMILES string of the molecule is CCCCCC(C(=O)c1ccc(Cl)cc1)C(O)C(=O)OCC. The highest BCUT2D eigenvalue weighted by Crippen LogP contribution is 2.22. The molecule has 22 heavy (non-hydrogen) atoms. The van der Waals surface area contributed by atoms with E-state index in [1.165, 1.54) is 0 Å². The summed E-state index contributed by atoms with van der Waals surface area (Å²) < 4.78 is 4.83. The predicted molar refractivity (Wildman–Crippen MR) is 86.1 cm³/mol. The van der Waals surface area contributed by atoms with Gasteiger partial charge in [0.05, 0.1) is 12.5 Å². The third-order valence-corrected chi connectivity index (χ3v) is 3.75. The molecule has 0 saturated heterocycles. The fourth-order valence-electron chi connectivity index (χ4n) is 2.27. The first-order chi connectivity index (χ1) is 10.5. The van der Waals surface area contributed by atoms with E-state index in [1.54, 1.807) is 31.2 Å². The average molecular weight is 327 g/mol. The molecule has 1 aromatic carbocycles. The monoisotopic (exact) mass is 326 g/mol. The molecule has 0 aromatic heterocycles. The minimum atomic E-state index is -1.43. The molecule has 0 aliphatic heterocycles. The third kappa shape index (κ3) is 5.43. The molecular weight excluding hydrogens is 304 g/mol. The van der Waals surface area contributed by atoms with Crippen molar-refractivity contribution in [2.45, 2.75) is 45.6 Å². The summed E-state index contributed by atoms with van der Waals surface area (Å²) in [6.07, 6.45) is 1.74. The molecule has 1 rings (SSSR count). The maximum Gasteiger partial charge on any atom is 0.335 e. The van der Waals surface area contributed by atoms with E-state index < -0.39 is 18.0 Å². The number of ether oxygens (including phenoxy) is 1. The molecule has 0 bridgehead atoms. The Bertz CT molecular complexity index is 484. The lowest BCUT2D eigenvalue weighted by Crippen LogP contribution is -2.36. The van der Waals surface area contributed by atoms with Crippen molar-refractivity contribution in [1.82, 2.24) is 0 Å². The number of rotatable bonds is 9. The van der Waals surface area contributed by atoms with Crippen LogP contribution in [0.2, 0.25) is 5.02 Å². The number of esters is 1. The first-order valence-electron chi connectivity index (χ1n) is 7.65. The van der Waals surface area contributed by atoms with Crippen LogP contribution < -0.4 is 0 Å². The van der Waals surface area contributed by atoms with Crippen LogP contribution in [0.1, 0.15) is 49.9 Å². The molecule has 0 fully saturated rings. The predicted octanol–water partition coefficient (Wildman–Crippen LogP) is 3.64. The number of carbonyl (C=O) groups is 2. The Hall–Kier alpha value is -1.39. The molecule has 2 atom stereocenters. The summed E-state index contributed by atoms with van der Waals surface area (Å²) in [7, 11) is 0. The molecule has 1 N–H and O–H groups in total. The second-order valence-electron chi connectivity index (χ2n) is 5.17. The van der Waals surface area contributed by atoms with Crippen LogP contribution in [0.3, 0.4) is 0 Å². The highest BCUT2D eigenvalue weighted by atomic mass is 35.5. The van der Waals surface area contributed by atoms with E-state index in [4.69, 9.17) is 16.3 Å². The van der Waals surface area contributed by atoms with Gasteiger partial charge in [0.2, 0.25) is 0 Å². The molecule has 122 valence electrons. The zero-order valence-electron chi connectivity index (χ0n) is 13.0. The Labute approximate surface area is 136 Å². The van der Waals surface area contributed by atoms with Crippen molar-refractivity contribution in [2.24, 2.45) is 5.92 Å². The summed E-state index contributed by atoms with van der Waals surface area (Å²) in [6.45, 7) is 3.89. The van der Waals surface area contributed by atoms with Crippen LogP contribution in [-0.4, -0.2) is 29.6 Å². The van der Waals surface area contributed by atoms with Gasteiger partial charge in [0.15, 0.2) is 11.9 Å². The van der Waals surface area contributed by atoms with E-state index in [0.717, 1.165) is 19.3 Å². The van der Waals surface area contributed by atoms with Gasteiger partial charge in [-0.25, -0.2) is 4.79 Å². The standard InChI is InChI=1S/C17H23ClO4/c1-3-5-6-7-14(16(20)17(21)22-4-2)15(19)12-8-10-13(18)11-9-12/h8-11,14,16,20H,3-7H2,1-2H3. The van der Waals surface area contributed by atoms with E-state index in [2.05, 4.69) is 6.92 Å². The van der Waals surface area contributed by atoms with Crippen molar-refractivity contribution in [2.75, 3.05) is 6.61 Å². The van der Waals surface area contributed by atoms with Gasteiger partial charge in [-0.2, -0.15) is 0 Å². The van der Waals surface area contributed by atoms with Crippen LogP contribution in [0.5, 0.6) is 0 Å². The molecule has 0 aliphatic rings. The summed E-state index contributed by atoms with van der Waals surface area (Å²) in [4.78, 5) is 24.4. The topological polar surface area (TPSA) is 63.6 Å². The van der Waals surface area contributed by atoms with E-state index in [9.17, 15) is 14.7 Å². The number of aliphatic hydroxyl groups is 1. The van der Waals surface area contributed by atoms with Gasteiger partial charge in [-0.15, -0.1) is 0 Å². The van der Waals surface area contributed by atoms with Crippen molar-refractivity contribution >= 4 is 23.4 Å². The quantitative estimate of drug-likeness (QED) is 0.427. The van der Waals surface area contributed by atoms with Crippen molar-refractivity contribution < 1.29 is 19.4 Å². The summed E-state index contributed by atoms with van der Waals surface area (Å²) in [5, 5.41) is 10.7. The van der Waals surface area contributed by atoms with E-state index in [1.807, 2.05) is 0 Å². The molecule has 0 amide bonds. The molecule has 0 spiro atoms. The number of carbonyl (C=O) groups excluding carboxylic acids is 2. The summed E-state index contributed by atoms with van der Waals surface area (Å²) >= 11 is 5.82. The van der Waals surface area contributed by atoms with Gasteiger partial charge in [0.25, 0.3) is 0 Å². The maximum atomic E-state index is 12.6. The molecule has 1 aromatic rings. The van der Waals surface area contributed by atoms with Crippen LogP contribution in [0, 0.1) is 5.92 Å². The summed E-state index contributed by atoms with van der Waals surface area (Å²) in [5.41, 5.74) is 0.439. The smallest absolute Gasteiger partial charge is 0.335 e. The molecular formula is C17H23ClO4. The number of unbranched alkanes of at least 4 members (excludes halogenated alkanes) is 2. The molecule has 2 unspecified atom stereocenters. The zero-order valence-corrected chi connectivity index (χ0v) is 13.8. The number of halogens is 1. The Morgan fingerprint density at radius 1 is 1.18 bits per heavy atom. The normalized spacial score (nSPS) is 13.5. The van der Waals surface area contributed by atoms with Gasteiger partial charge in [-0.3, -0.25) is 4.79 Å². The second kappa shape index (κ2) is 9.59. The zero-order chi connectivity index (χ0) is 16.5. The average Bonchev–Trinajstić information content (AvgIpc) is 2.51. The lowest BCUT2D eigenvalue weighted by Gasteiger charge is -2.20. The van der Waals surface area contributed by atoms with Gasteiger partial charge in [-0.05, 0) is 37.6 Å². The second-order valence-corrected chi connectivity index (χ2v) is 5.61. The number of hydrogen-bond donors (Lipinski definition) is 1. The molecule has 0 radical (unpaired) electrons. The molecule has 4 nitrogen and oxygen atoms in total. The van der Waals surface area contributed by atoms with Crippen LogP contribution in [0.25, 0.3) is 0 Å². The van der Waals surface area contributed by atoms with Gasteiger partial charge >= 0.3 is 5.97 Å². The van der Waals surface area contributed by atoms with Crippen molar-refractivity contribution in [3.05, 3.63) is 34.9 Å². The lowest BCUT2D eigenvalue weighted by atomic mass is 9.87. The van der Waals surface area contributed by atoms with E-state index >= 15 is 0 Å². The van der Waals surface area contributed by atoms with Crippen molar-refractivity contribution in [3.63, 3.8) is 0 Å². The van der Waals surface area contributed by atoms with Crippen LogP contribution in [0.15, 0.2) is 24.3 Å². The summed E-state index contributed by atoms with van der Waals surface area (Å²) in [5.74, 6) is -1.79. The van der Waals surface area contributed by atoms with E-state index in [-0.39, 0.29) is 12.4 Å². The highest BCUT2D eigenvalue weighted by molar-refractivity contribution is 6.30. The summed E-state index contributed by atoms with van der Waals surface area (Å²) in [6, 6.07) is 6.45. The minimum Gasteiger partial charge on any atom is -0.464 e. The first kappa shape index (κ1) is 18.7. The Morgan fingerprint density at radius 3 is 2.36 bits per heavy atom. The molecule has 0 saturated carbocycles. The minimum absolute atomic E-state index is 0.173. The van der Waals surface area contributed by atoms with Crippen molar-refractivity contribution in [3.8, 4) is 0 Å². The molecule has 5 heteroatoms. The first-order valence-corrected chi connectivity index (χ1v) is 8.03. The fourth-order valence-corrected chi connectivity index (χ4v) is 2.39. The maximum absolute atomic E-state index is 12.6. The van der Waals surface area contributed by atoms with Crippen LogP contribution >= 0.6 is 11.6 Å². The number of ketones is 1. The van der Waals surface area contributed by atoms with Gasteiger partial charge in [0.1, 0.15) is 0 Å². The van der Waals surface area contributed by atoms with Crippen LogP contribution in [0.4, 0.5) is 0 Å². The number of aliphatic hydroxyl groups excluding tert-OH is 1. The number of benzene rings is 1. The van der Waals surface area contributed by atoms with Crippen LogP contribution in [-0.2, 0) is 9.53 Å². The lowest BCUT2D eigenvalue weighted by molar-refractivity contribution is -0.155. The number of hydrogen-bond acceptors (Lipinski definition) is 4. The Balaban J connectivity index is 2.90. The Morgan fingerprint density at radius 2 is 1.82 bits per heavy atom. The Kier molecular flexibility index (Phi) is 8.13. The largest absolute Gasteiger partial charge is 0.464 e. The molecule has 0 aliphatic carbocycles. The van der Waals surface area contributed by atoms with Crippen molar-refractivity contribution in [1.29, 1.82) is 0 Å². The van der Waals surface area contributed by atoms with Gasteiger partial charge in [0, 0.05) is 10.6 Å². The van der Waals surface area contributed by atoms with Gasteiger partial charge < -0.3 is 9.84 Å². The van der Waals surface area contributed by atoms with Gasteiger partial charge in [-0.1, -0.05) is 37.8 Å². The highest BCUT2D eigenvalue weighted by Gasteiger charge is 2.33. The molecule has 0 heterocycles. The fraction of sp³-hybridized carbons (Fsp3) is 0.529. The number of Topliss-reactive ketones (excluding diaryl/α,β-unsaturated/α-hetero) is 1. The third-order valence-electron chi connectivity index (χ3n) is 3.49. The van der Waals surface area contributed by atoms with E-state index in [0.29, 0.717) is 17.0 Å².